The molecule has 6 heteroatoms. The van der Waals surface area contributed by atoms with Crippen LogP contribution in [0.3, 0.4) is 0 Å². The molecule has 0 bridgehead atoms. The fourth-order valence-corrected chi connectivity index (χ4v) is 2.26. The molecule has 0 amide bonds. The number of hydrogen-bond donors (Lipinski definition) is 1. The standard InChI is InChI=1S/C13H13BrFN3S/c1-7(2)5-10-11(14)13(19)18-12(17-10)9-4-3-8(15)6-16-9/h3-4,6-7H,5H2,1-2H3,(H,17,18,19). The average molecular weight is 342 g/mol. The molecule has 0 radical (unpaired) electrons. The zero-order chi connectivity index (χ0) is 14.0. The highest BCUT2D eigenvalue weighted by Gasteiger charge is 2.10. The molecule has 0 aliphatic carbocycles. The summed E-state index contributed by atoms with van der Waals surface area (Å²) in [6.07, 6.45) is 2.01. The van der Waals surface area contributed by atoms with Crippen LogP contribution in [0.4, 0.5) is 4.39 Å². The Bertz CT molecular complexity index is 637. The van der Waals surface area contributed by atoms with E-state index in [2.05, 4.69) is 44.7 Å². The molecule has 0 atom stereocenters. The lowest BCUT2D eigenvalue weighted by Crippen LogP contribution is -2.03. The van der Waals surface area contributed by atoms with Crippen LogP contribution in [-0.4, -0.2) is 15.0 Å². The molecule has 0 aliphatic heterocycles. The van der Waals surface area contributed by atoms with Gasteiger partial charge in [0.2, 0.25) is 0 Å². The van der Waals surface area contributed by atoms with Crippen LogP contribution in [-0.2, 0) is 6.42 Å². The highest BCUT2D eigenvalue weighted by Crippen LogP contribution is 2.22. The molecule has 2 heterocycles. The second kappa shape index (κ2) is 5.88. The first kappa shape index (κ1) is 14.3. The second-order valence-corrected chi connectivity index (χ2v) is 5.82. The Labute approximate surface area is 124 Å². The van der Waals surface area contributed by atoms with Gasteiger partial charge in [-0.1, -0.05) is 26.1 Å². The number of nitrogens with zero attached hydrogens (tertiary/aromatic N) is 2. The van der Waals surface area contributed by atoms with E-state index < -0.39 is 0 Å². The van der Waals surface area contributed by atoms with Crippen molar-refractivity contribution < 1.29 is 4.39 Å². The van der Waals surface area contributed by atoms with Crippen LogP contribution in [0.15, 0.2) is 22.8 Å². The van der Waals surface area contributed by atoms with Crippen molar-refractivity contribution in [1.82, 2.24) is 15.0 Å². The van der Waals surface area contributed by atoms with Crippen molar-refractivity contribution in [1.29, 1.82) is 0 Å². The lowest BCUT2D eigenvalue weighted by Gasteiger charge is -2.10. The highest BCUT2D eigenvalue weighted by molar-refractivity contribution is 9.10. The Hall–Kier alpha value is -1.14. The third kappa shape index (κ3) is 3.45. The molecule has 0 spiro atoms. The van der Waals surface area contributed by atoms with Crippen molar-refractivity contribution in [2.45, 2.75) is 20.3 Å². The topological polar surface area (TPSA) is 41.6 Å². The van der Waals surface area contributed by atoms with Crippen molar-refractivity contribution >= 4 is 28.1 Å². The van der Waals surface area contributed by atoms with Crippen molar-refractivity contribution in [3.8, 4) is 11.5 Å². The van der Waals surface area contributed by atoms with Gasteiger partial charge in [-0.05, 0) is 40.4 Å². The molecule has 1 N–H and O–H groups in total. The number of nitrogens with one attached hydrogen (secondary N) is 1. The molecule has 100 valence electrons. The minimum Gasteiger partial charge on any atom is -0.341 e. The van der Waals surface area contributed by atoms with Gasteiger partial charge in [0.05, 0.1) is 10.7 Å². The van der Waals surface area contributed by atoms with E-state index in [4.69, 9.17) is 12.2 Å². The maximum absolute atomic E-state index is 12.9. The summed E-state index contributed by atoms with van der Waals surface area (Å²) < 4.78 is 14.2. The SMILES string of the molecule is CC(C)Cc1[nH]c(-c2ccc(F)cn2)nc(=S)c1Br. The summed E-state index contributed by atoms with van der Waals surface area (Å²) >= 11 is 8.68. The largest absolute Gasteiger partial charge is 0.341 e. The molecule has 2 aromatic heterocycles. The fraction of sp³-hybridized carbons (Fsp3) is 0.308. The van der Waals surface area contributed by atoms with E-state index >= 15 is 0 Å². The number of aromatic amines is 1. The van der Waals surface area contributed by atoms with Gasteiger partial charge >= 0.3 is 0 Å². The van der Waals surface area contributed by atoms with Gasteiger partial charge < -0.3 is 4.98 Å². The highest BCUT2D eigenvalue weighted by atomic mass is 79.9. The van der Waals surface area contributed by atoms with Gasteiger partial charge in [0.1, 0.15) is 16.2 Å². The Kier molecular flexibility index (Phi) is 4.42. The summed E-state index contributed by atoms with van der Waals surface area (Å²) in [4.78, 5) is 11.5. The molecule has 3 nitrogen and oxygen atoms in total. The molecule has 0 aliphatic rings. The number of halogens is 2. The summed E-state index contributed by atoms with van der Waals surface area (Å²) in [5.41, 5.74) is 1.56. The maximum atomic E-state index is 12.9. The van der Waals surface area contributed by atoms with Crippen LogP contribution in [0.25, 0.3) is 11.5 Å². The van der Waals surface area contributed by atoms with Crippen LogP contribution < -0.4 is 0 Å². The molecule has 0 fully saturated rings. The normalized spacial score (nSPS) is 11.0. The molecular formula is C13H13BrFN3S. The van der Waals surface area contributed by atoms with Crippen LogP contribution >= 0.6 is 28.1 Å². The van der Waals surface area contributed by atoms with E-state index in [0.717, 1.165) is 22.8 Å². The van der Waals surface area contributed by atoms with E-state index in [0.29, 0.717) is 22.1 Å². The first-order chi connectivity index (χ1) is 8.97. The van der Waals surface area contributed by atoms with Crippen LogP contribution in [0.2, 0.25) is 0 Å². The lowest BCUT2D eigenvalue weighted by molar-refractivity contribution is 0.621. The van der Waals surface area contributed by atoms with Crippen LogP contribution in [0.1, 0.15) is 19.5 Å². The van der Waals surface area contributed by atoms with E-state index in [-0.39, 0.29) is 5.82 Å². The van der Waals surface area contributed by atoms with Gasteiger partial charge in [-0.2, -0.15) is 0 Å². The van der Waals surface area contributed by atoms with Gasteiger partial charge in [-0.15, -0.1) is 0 Å². The van der Waals surface area contributed by atoms with E-state index in [1.54, 1.807) is 6.07 Å². The zero-order valence-electron chi connectivity index (χ0n) is 10.6. The number of H-pyrrole nitrogens is 1. The predicted molar refractivity (Wildman–Crippen MR) is 78.9 cm³/mol. The number of hydrogen-bond acceptors (Lipinski definition) is 3. The van der Waals surface area contributed by atoms with Gasteiger partial charge in [-0.25, -0.2) is 14.4 Å². The summed E-state index contributed by atoms with van der Waals surface area (Å²) in [5.74, 6) is 0.670. The molecule has 2 rings (SSSR count). The molecule has 0 unspecified atom stereocenters. The second-order valence-electron chi connectivity index (χ2n) is 4.64. The van der Waals surface area contributed by atoms with Crippen molar-refractivity contribution in [2.24, 2.45) is 5.92 Å². The Morgan fingerprint density at radius 2 is 2.16 bits per heavy atom. The minimum atomic E-state index is -0.373. The minimum absolute atomic E-state index is 0.373. The fourth-order valence-electron chi connectivity index (χ4n) is 1.69. The Balaban J connectivity index is 2.50. The van der Waals surface area contributed by atoms with E-state index in [1.807, 2.05) is 0 Å². The van der Waals surface area contributed by atoms with Crippen LogP contribution in [0.5, 0.6) is 0 Å². The van der Waals surface area contributed by atoms with Crippen molar-refractivity contribution in [3.63, 3.8) is 0 Å². The first-order valence-electron chi connectivity index (χ1n) is 5.88. The summed E-state index contributed by atoms with van der Waals surface area (Å²) in [6, 6.07) is 2.93. The number of pyridine rings is 1. The summed E-state index contributed by atoms with van der Waals surface area (Å²) in [5, 5.41) is 0. The third-order valence-electron chi connectivity index (χ3n) is 2.52. The van der Waals surface area contributed by atoms with Gasteiger partial charge in [0, 0.05) is 5.69 Å². The third-order valence-corrected chi connectivity index (χ3v) is 3.93. The smallest absolute Gasteiger partial charge is 0.157 e. The summed E-state index contributed by atoms with van der Waals surface area (Å²) in [7, 11) is 0. The van der Waals surface area contributed by atoms with E-state index in [1.165, 1.54) is 6.07 Å². The molecule has 0 saturated carbocycles. The van der Waals surface area contributed by atoms with Gasteiger partial charge in [0.25, 0.3) is 0 Å². The quantitative estimate of drug-likeness (QED) is 0.846. The van der Waals surface area contributed by atoms with Crippen LogP contribution in [0, 0.1) is 16.4 Å². The maximum Gasteiger partial charge on any atom is 0.157 e. The average Bonchev–Trinajstić information content (AvgIpc) is 2.35. The molecule has 0 saturated heterocycles. The molecule has 19 heavy (non-hydrogen) atoms. The van der Waals surface area contributed by atoms with Gasteiger partial charge in [-0.3, -0.25) is 0 Å². The zero-order valence-corrected chi connectivity index (χ0v) is 13.0. The monoisotopic (exact) mass is 341 g/mol. The lowest BCUT2D eigenvalue weighted by atomic mass is 10.1. The van der Waals surface area contributed by atoms with E-state index in [9.17, 15) is 4.39 Å². The molecule has 2 aromatic rings. The Morgan fingerprint density at radius 3 is 2.74 bits per heavy atom. The summed E-state index contributed by atoms with van der Waals surface area (Å²) in [6.45, 7) is 4.25. The molecule has 0 aromatic carbocycles. The molecular weight excluding hydrogens is 329 g/mol. The number of rotatable bonds is 3. The first-order valence-corrected chi connectivity index (χ1v) is 7.08. The predicted octanol–water partition coefficient (Wildman–Crippen LogP) is 4.30. The number of aromatic nitrogens is 3. The Morgan fingerprint density at radius 1 is 1.42 bits per heavy atom. The van der Waals surface area contributed by atoms with Crippen molar-refractivity contribution in [2.75, 3.05) is 0 Å². The van der Waals surface area contributed by atoms with Gasteiger partial charge in [0.15, 0.2) is 5.82 Å². The van der Waals surface area contributed by atoms with Crippen molar-refractivity contribution in [3.05, 3.63) is 39.0 Å².